The van der Waals surface area contributed by atoms with Gasteiger partial charge in [-0.2, -0.15) is 9.97 Å². The fourth-order valence-corrected chi connectivity index (χ4v) is 8.06. The van der Waals surface area contributed by atoms with E-state index in [-0.39, 0.29) is 0 Å². The fourth-order valence-electron chi connectivity index (χ4n) is 8.06. The van der Waals surface area contributed by atoms with E-state index in [1.165, 1.54) is 60.0 Å². The van der Waals surface area contributed by atoms with Crippen LogP contribution in [0.1, 0.15) is 0 Å². The first-order chi connectivity index (χ1) is 27.2. The highest BCUT2D eigenvalue weighted by Gasteiger charge is 2.19. The molecule has 0 spiro atoms. The molecule has 9 aromatic carbocycles. The number of fused-ring (bicyclic) bond motifs is 7. The first-order valence-corrected chi connectivity index (χ1v) is 18.6. The highest BCUT2D eigenvalue weighted by molar-refractivity contribution is 6.21. The van der Waals surface area contributed by atoms with Crippen molar-refractivity contribution >= 4 is 54.1 Å². The van der Waals surface area contributed by atoms with Gasteiger partial charge in [0.2, 0.25) is 5.95 Å². The second-order valence-electron chi connectivity index (χ2n) is 14.1. The quantitative estimate of drug-likeness (QED) is 0.179. The zero-order valence-corrected chi connectivity index (χ0v) is 29.8. The molecule has 0 bridgehead atoms. The van der Waals surface area contributed by atoms with Crippen LogP contribution < -0.4 is 0 Å². The molecule has 0 amide bonds. The summed E-state index contributed by atoms with van der Waals surface area (Å²) in [4.78, 5) is 15.2. The van der Waals surface area contributed by atoms with Crippen molar-refractivity contribution in [2.75, 3.05) is 0 Å². The lowest BCUT2D eigenvalue weighted by Crippen LogP contribution is -2.06. The molecule has 0 saturated carbocycles. The molecule has 11 aromatic rings. The van der Waals surface area contributed by atoms with E-state index in [2.05, 4.69) is 138 Å². The molecule has 0 unspecified atom stereocenters. The molecular formula is C51H32N4. The van der Waals surface area contributed by atoms with Crippen molar-refractivity contribution in [2.45, 2.75) is 0 Å². The molecule has 4 nitrogen and oxygen atoms in total. The number of hydrogen-bond donors (Lipinski definition) is 0. The molecule has 0 fully saturated rings. The first kappa shape index (κ1) is 31.1. The SMILES string of the molecule is c1ccc(-c2nc(-c3ccccc3)nc(-n3c4ccccc4c4c5ccc(-c6ccc7ccc(-c8ccc9ccccc9c8)cc7c6)cc5ccc43)n2)cc1. The van der Waals surface area contributed by atoms with Crippen LogP contribution in [0.5, 0.6) is 0 Å². The second-order valence-corrected chi connectivity index (χ2v) is 14.1. The van der Waals surface area contributed by atoms with Gasteiger partial charge in [0.1, 0.15) is 0 Å². The molecule has 0 saturated heterocycles. The van der Waals surface area contributed by atoms with E-state index in [9.17, 15) is 0 Å². The van der Waals surface area contributed by atoms with Gasteiger partial charge in [0.15, 0.2) is 11.6 Å². The lowest BCUT2D eigenvalue weighted by Gasteiger charge is -2.11. The highest BCUT2D eigenvalue weighted by Crippen LogP contribution is 2.39. The van der Waals surface area contributed by atoms with Crippen molar-refractivity contribution in [1.82, 2.24) is 19.5 Å². The van der Waals surface area contributed by atoms with Gasteiger partial charge in [-0.05, 0) is 91.0 Å². The van der Waals surface area contributed by atoms with Crippen LogP contribution in [0.25, 0.3) is 105 Å². The van der Waals surface area contributed by atoms with Gasteiger partial charge in [-0.25, -0.2) is 4.98 Å². The maximum Gasteiger partial charge on any atom is 0.238 e. The van der Waals surface area contributed by atoms with Gasteiger partial charge in [-0.3, -0.25) is 4.57 Å². The Kier molecular flexibility index (Phi) is 7.14. The predicted molar refractivity (Wildman–Crippen MR) is 228 cm³/mol. The molecule has 4 heteroatoms. The Balaban J connectivity index is 1.05. The van der Waals surface area contributed by atoms with Crippen molar-refractivity contribution < 1.29 is 0 Å². The molecule has 2 heterocycles. The minimum absolute atomic E-state index is 0.592. The van der Waals surface area contributed by atoms with Crippen LogP contribution in [-0.2, 0) is 0 Å². The van der Waals surface area contributed by atoms with Crippen LogP contribution in [0.2, 0.25) is 0 Å². The van der Waals surface area contributed by atoms with Crippen LogP contribution in [0.15, 0.2) is 194 Å². The zero-order chi connectivity index (χ0) is 36.3. The average Bonchev–Trinajstić information content (AvgIpc) is 3.61. The van der Waals surface area contributed by atoms with E-state index in [0.717, 1.165) is 27.5 Å². The average molecular weight is 701 g/mol. The van der Waals surface area contributed by atoms with Gasteiger partial charge < -0.3 is 0 Å². The molecule has 0 N–H and O–H groups in total. The van der Waals surface area contributed by atoms with E-state index in [1.807, 2.05) is 60.7 Å². The molecule has 2 aromatic heterocycles. The fraction of sp³-hybridized carbons (Fsp3) is 0. The topological polar surface area (TPSA) is 43.6 Å². The van der Waals surface area contributed by atoms with Gasteiger partial charge in [0.25, 0.3) is 0 Å². The summed E-state index contributed by atoms with van der Waals surface area (Å²) in [6, 6.07) is 68.9. The predicted octanol–water partition coefficient (Wildman–Crippen LogP) is 13.1. The van der Waals surface area contributed by atoms with Gasteiger partial charge in [-0.1, -0.05) is 158 Å². The molecule has 0 aliphatic carbocycles. The number of aromatic nitrogens is 4. The Morgan fingerprint density at radius 1 is 0.291 bits per heavy atom. The van der Waals surface area contributed by atoms with Crippen molar-refractivity contribution in [2.24, 2.45) is 0 Å². The standard InChI is InChI=1S/C51H32N4/c1-3-12-35(13-4-1)49-52-50(36-14-5-2-6-15-36)54-51(53-49)55-46-18-10-9-17-45(46)48-44-27-25-41(30-42(44)26-28-47(48)55)40-24-21-34-20-23-39(31-43(34)32-40)38-22-19-33-11-7-8-16-37(33)29-38/h1-32H. The second kappa shape index (κ2) is 12.6. The number of nitrogens with zero attached hydrogens (tertiary/aromatic N) is 4. The van der Waals surface area contributed by atoms with E-state index >= 15 is 0 Å². The number of para-hydroxylation sites is 1. The summed E-state index contributed by atoms with van der Waals surface area (Å²) in [5, 5.41) is 9.68. The summed E-state index contributed by atoms with van der Waals surface area (Å²) in [5.74, 6) is 1.87. The minimum atomic E-state index is 0.592. The van der Waals surface area contributed by atoms with Gasteiger partial charge >= 0.3 is 0 Å². The van der Waals surface area contributed by atoms with Crippen molar-refractivity contribution in [3.8, 4) is 51.0 Å². The highest BCUT2D eigenvalue weighted by atomic mass is 15.2. The molecule has 55 heavy (non-hydrogen) atoms. The van der Waals surface area contributed by atoms with E-state index < -0.39 is 0 Å². The molecule has 11 rings (SSSR count). The van der Waals surface area contributed by atoms with E-state index in [0.29, 0.717) is 17.6 Å². The van der Waals surface area contributed by atoms with Crippen molar-refractivity contribution in [3.05, 3.63) is 194 Å². The third kappa shape index (κ3) is 5.34. The summed E-state index contributed by atoms with van der Waals surface area (Å²) in [6.45, 7) is 0. The molecule has 0 radical (unpaired) electrons. The monoisotopic (exact) mass is 700 g/mol. The Morgan fingerprint density at radius 3 is 1.44 bits per heavy atom. The number of benzene rings is 9. The first-order valence-electron chi connectivity index (χ1n) is 18.6. The minimum Gasteiger partial charge on any atom is -0.278 e. The van der Waals surface area contributed by atoms with Crippen LogP contribution in [0.4, 0.5) is 0 Å². The molecule has 0 atom stereocenters. The maximum absolute atomic E-state index is 5.11. The van der Waals surface area contributed by atoms with Gasteiger partial charge in [-0.15, -0.1) is 0 Å². The van der Waals surface area contributed by atoms with Crippen LogP contribution in [0, 0.1) is 0 Å². The summed E-state index contributed by atoms with van der Waals surface area (Å²) in [5.41, 5.74) is 8.82. The molecule has 256 valence electrons. The third-order valence-corrected chi connectivity index (χ3v) is 10.8. The molecular weight excluding hydrogens is 669 g/mol. The summed E-state index contributed by atoms with van der Waals surface area (Å²) in [6.07, 6.45) is 0. The zero-order valence-electron chi connectivity index (χ0n) is 29.8. The lowest BCUT2D eigenvalue weighted by atomic mass is 9.95. The number of hydrogen-bond acceptors (Lipinski definition) is 3. The van der Waals surface area contributed by atoms with Crippen LogP contribution in [-0.4, -0.2) is 19.5 Å². The maximum atomic E-state index is 5.11. The van der Waals surface area contributed by atoms with E-state index in [1.54, 1.807) is 0 Å². The lowest BCUT2D eigenvalue weighted by molar-refractivity contribution is 0.953. The summed E-state index contributed by atoms with van der Waals surface area (Å²) >= 11 is 0. The Hall–Kier alpha value is -7.43. The normalized spacial score (nSPS) is 11.6. The Bertz CT molecular complexity index is 3200. The van der Waals surface area contributed by atoms with E-state index in [4.69, 9.17) is 15.0 Å². The smallest absolute Gasteiger partial charge is 0.238 e. The molecule has 0 aliphatic heterocycles. The number of rotatable bonds is 5. The summed E-state index contributed by atoms with van der Waals surface area (Å²) < 4.78 is 2.19. The third-order valence-electron chi connectivity index (χ3n) is 10.8. The van der Waals surface area contributed by atoms with Gasteiger partial charge in [0, 0.05) is 21.9 Å². The Morgan fingerprint density at radius 2 is 0.782 bits per heavy atom. The Labute approximate surface area is 317 Å². The summed E-state index contributed by atoms with van der Waals surface area (Å²) in [7, 11) is 0. The van der Waals surface area contributed by atoms with Gasteiger partial charge in [0.05, 0.1) is 11.0 Å². The van der Waals surface area contributed by atoms with Crippen molar-refractivity contribution in [1.29, 1.82) is 0 Å². The van der Waals surface area contributed by atoms with Crippen LogP contribution in [0.3, 0.4) is 0 Å². The molecule has 0 aliphatic rings. The van der Waals surface area contributed by atoms with Crippen LogP contribution >= 0.6 is 0 Å². The largest absolute Gasteiger partial charge is 0.278 e. The van der Waals surface area contributed by atoms with Crippen molar-refractivity contribution in [3.63, 3.8) is 0 Å².